The molecule has 0 spiro atoms. The molecule has 0 aliphatic rings. The van der Waals surface area contributed by atoms with E-state index in [-0.39, 0.29) is 36.7 Å². The van der Waals surface area contributed by atoms with Gasteiger partial charge in [0.15, 0.2) is 0 Å². The number of para-hydroxylation sites is 1. The van der Waals surface area contributed by atoms with Gasteiger partial charge in [0.1, 0.15) is 11.3 Å². The molecular formula is C15H14O3Zn. The number of aromatic carboxylic acids is 1. The van der Waals surface area contributed by atoms with Crippen LogP contribution in [0.5, 0.6) is 5.75 Å². The molecule has 94 valence electrons. The van der Waals surface area contributed by atoms with Crippen LogP contribution < -0.4 is 0 Å². The molecule has 2 N–H and O–H groups in total. The van der Waals surface area contributed by atoms with Gasteiger partial charge in [0.25, 0.3) is 0 Å². The van der Waals surface area contributed by atoms with Crippen LogP contribution in [0.3, 0.4) is 0 Å². The summed E-state index contributed by atoms with van der Waals surface area (Å²) in [6, 6.07) is 14.5. The zero-order valence-corrected chi connectivity index (χ0v) is 13.7. The van der Waals surface area contributed by atoms with Crippen molar-refractivity contribution in [1.29, 1.82) is 0 Å². The molecule has 4 heteroatoms. The van der Waals surface area contributed by atoms with Crippen LogP contribution in [0.4, 0.5) is 0 Å². The van der Waals surface area contributed by atoms with Gasteiger partial charge in [-0.25, -0.2) is 4.79 Å². The number of aromatic hydroxyl groups is 1. The number of hydrogen-bond donors (Lipinski definition) is 2. The Bertz CT molecular complexity index is 567. The van der Waals surface area contributed by atoms with E-state index in [9.17, 15) is 9.90 Å². The molecule has 0 aromatic heterocycles. The summed E-state index contributed by atoms with van der Waals surface area (Å²) in [4.78, 5) is 11.0. The first-order chi connectivity index (χ1) is 8.61. The van der Waals surface area contributed by atoms with Gasteiger partial charge in [-0.1, -0.05) is 49.4 Å². The average molecular weight is 308 g/mol. The Morgan fingerprint density at radius 2 is 1.68 bits per heavy atom. The molecule has 0 saturated heterocycles. The predicted octanol–water partition coefficient (Wildman–Crippen LogP) is 3.24. The Hall–Kier alpha value is -1.67. The number of carboxylic acids is 1. The van der Waals surface area contributed by atoms with Crippen LogP contribution in [0.1, 0.15) is 34.3 Å². The first-order valence-corrected chi connectivity index (χ1v) is 5.71. The van der Waals surface area contributed by atoms with Crippen molar-refractivity contribution < 1.29 is 34.5 Å². The molecular weight excluding hydrogens is 294 g/mol. The van der Waals surface area contributed by atoms with Crippen molar-refractivity contribution in [2.75, 3.05) is 0 Å². The normalized spacial score (nSPS) is 11.4. The second-order valence-corrected chi connectivity index (χ2v) is 4.18. The smallest absolute Gasteiger partial charge is 0.339 e. The zero-order chi connectivity index (χ0) is 13.1. The topological polar surface area (TPSA) is 57.5 Å². The fourth-order valence-electron chi connectivity index (χ4n) is 2.00. The second-order valence-electron chi connectivity index (χ2n) is 4.18. The van der Waals surface area contributed by atoms with Gasteiger partial charge < -0.3 is 10.2 Å². The van der Waals surface area contributed by atoms with E-state index in [1.165, 1.54) is 6.07 Å². The van der Waals surface area contributed by atoms with Crippen LogP contribution >= 0.6 is 0 Å². The maximum atomic E-state index is 11.0. The van der Waals surface area contributed by atoms with Crippen LogP contribution in [0.25, 0.3) is 0 Å². The Kier molecular flexibility index (Phi) is 5.25. The van der Waals surface area contributed by atoms with E-state index in [2.05, 4.69) is 0 Å². The van der Waals surface area contributed by atoms with Crippen molar-refractivity contribution in [3.63, 3.8) is 0 Å². The summed E-state index contributed by atoms with van der Waals surface area (Å²) >= 11 is 0. The van der Waals surface area contributed by atoms with E-state index >= 15 is 0 Å². The number of phenols is 1. The number of rotatable bonds is 3. The first kappa shape index (κ1) is 15.4. The largest absolute Gasteiger partial charge is 0.507 e. The van der Waals surface area contributed by atoms with Gasteiger partial charge >= 0.3 is 5.97 Å². The van der Waals surface area contributed by atoms with Crippen LogP contribution in [0, 0.1) is 0 Å². The average Bonchev–Trinajstić information content (AvgIpc) is 2.39. The van der Waals surface area contributed by atoms with Crippen molar-refractivity contribution in [2.45, 2.75) is 12.8 Å². The molecule has 0 bridgehead atoms. The Labute approximate surface area is 124 Å². The van der Waals surface area contributed by atoms with Crippen molar-refractivity contribution >= 4 is 5.97 Å². The number of hydrogen-bond acceptors (Lipinski definition) is 2. The molecule has 1 atom stereocenters. The van der Waals surface area contributed by atoms with Gasteiger partial charge in [0.05, 0.1) is 0 Å². The molecule has 0 radical (unpaired) electrons. The van der Waals surface area contributed by atoms with Gasteiger partial charge in [0.2, 0.25) is 0 Å². The molecule has 19 heavy (non-hydrogen) atoms. The zero-order valence-electron chi connectivity index (χ0n) is 10.7. The first-order valence-electron chi connectivity index (χ1n) is 5.71. The molecule has 0 saturated carbocycles. The van der Waals surface area contributed by atoms with E-state index in [1.807, 2.05) is 37.3 Å². The van der Waals surface area contributed by atoms with Crippen LogP contribution in [-0.2, 0) is 19.5 Å². The summed E-state index contributed by atoms with van der Waals surface area (Å²) < 4.78 is 0. The molecule has 3 nitrogen and oxygen atoms in total. The molecule has 2 rings (SSSR count). The van der Waals surface area contributed by atoms with Gasteiger partial charge in [-0.15, -0.1) is 0 Å². The van der Waals surface area contributed by atoms with Crippen molar-refractivity contribution in [1.82, 2.24) is 0 Å². The molecule has 2 aromatic carbocycles. The van der Waals surface area contributed by atoms with Gasteiger partial charge in [0, 0.05) is 31.0 Å². The third-order valence-corrected chi connectivity index (χ3v) is 3.06. The third kappa shape index (κ3) is 3.21. The standard InChI is InChI=1S/C15H14O3.Zn/c1-10(11-6-3-2-4-7-11)12-8-5-9-13(14(12)16)15(17)18;/h2-10,16H,1H3,(H,17,18);. The fraction of sp³-hybridized carbons (Fsp3) is 0.133. The van der Waals surface area contributed by atoms with Gasteiger partial charge in [-0.05, 0) is 11.6 Å². The predicted molar refractivity (Wildman–Crippen MR) is 69.0 cm³/mol. The summed E-state index contributed by atoms with van der Waals surface area (Å²) in [6.07, 6.45) is 0. The van der Waals surface area contributed by atoms with Gasteiger partial charge in [-0.2, -0.15) is 0 Å². The van der Waals surface area contributed by atoms with Crippen LogP contribution in [-0.4, -0.2) is 16.2 Å². The minimum atomic E-state index is -1.12. The summed E-state index contributed by atoms with van der Waals surface area (Å²) in [5, 5.41) is 19.0. The number of carboxylic acid groups (broad SMARTS) is 1. The summed E-state index contributed by atoms with van der Waals surface area (Å²) in [5.41, 5.74) is 1.60. The Morgan fingerprint density at radius 3 is 2.26 bits per heavy atom. The molecule has 0 fully saturated rings. The van der Waals surface area contributed by atoms with E-state index in [0.29, 0.717) is 5.56 Å². The van der Waals surface area contributed by atoms with Crippen LogP contribution in [0.2, 0.25) is 0 Å². The van der Waals surface area contributed by atoms with Crippen molar-refractivity contribution in [3.8, 4) is 5.75 Å². The van der Waals surface area contributed by atoms with E-state index < -0.39 is 5.97 Å². The maximum Gasteiger partial charge on any atom is 0.339 e. The van der Waals surface area contributed by atoms with Crippen molar-refractivity contribution in [2.24, 2.45) is 0 Å². The second kappa shape index (κ2) is 6.49. The summed E-state index contributed by atoms with van der Waals surface area (Å²) in [6.45, 7) is 1.94. The minimum Gasteiger partial charge on any atom is -0.507 e. The molecule has 2 aromatic rings. The minimum absolute atomic E-state index is 0. The Balaban J connectivity index is 0.00000180. The van der Waals surface area contributed by atoms with E-state index in [4.69, 9.17) is 5.11 Å². The van der Waals surface area contributed by atoms with Crippen LogP contribution in [0.15, 0.2) is 48.5 Å². The fourth-order valence-corrected chi connectivity index (χ4v) is 2.00. The SMILES string of the molecule is CC(c1ccccc1)c1cccc(C(=O)O)c1O.[Zn]. The number of carbonyl (C=O) groups is 1. The van der Waals surface area contributed by atoms with E-state index in [1.54, 1.807) is 12.1 Å². The Morgan fingerprint density at radius 1 is 1.05 bits per heavy atom. The molecule has 0 heterocycles. The summed E-state index contributed by atoms with van der Waals surface area (Å²) in [7, 11) is 0. The quantitative estimate of drug-likeness (QED) is 0.856. The van der Waals surface area contributed by atoms with Crippen molar-refractivity contribution in [3.05, 3.63) is 65.2 Å². The molecule has 0 aliphatic heterocycles. The summed E-state index contributed by atoms with van der Waals surface area (Å²) in [5.74, 6) is -1.32. The number of benzene rings is 2. The molecule has 0 aliphatic carbocycles. The molecule has 1 unspecified atom stereocenters. The van der Waals surface area contributed by atoms with Gasteiger partial charge in [-0.3, -0.25) is 0 Å². The van der Waals surface area contributed by atoms with E-state index in [0.717, 1.165) is 5.56 Å². The monoisotopic (exact) mass is 306 g/mol. The third-order valence-electron chi connectivity index (χ3n) is 3.06. The molecule has 0 amide bonds. The maximum absolute atomic E-state index is 11.0.